The second-order valence-electron chi connectivity index (χ2n) is 4.32. The molecular weight excluding hydrogens is 202 g/mol. The molecule has 1 aromatic rings. The number of hydrogen-bond donors (Lipinski definition) is 1. The number of benzene rings is 1. The lowest BCUT2D eigenvalue weighted by atomic mass is 10.1. The van der Waals surface area contributed by atoms with Crippen molar-refractivity contribution in [3.05, 3.63) is 29.3 Å². The number of ether oxygens (including phenoxy) is 1. The van der Waals surface area contributed by atoms with Crippen LogP contribution in [0, 0.1) is 13.8 Å². The van der Waals surface area contributed by atoms with Gasteiger partial charge in [0, 0.05) is 12.2 Å². The van der Waals surface area contributed by atoms with Crippen molar-refractivity contribution in [2.75, 3.05) is 31.3 Å². The molecule has 3 nitrogen and oxygen atoms in total. The van der Waals surface area contributed by atoms with E-state index in [4.69, 9.17) is 4.74 Å². The third kappa shape index (κ3) is 2.06. The fraction of sp³-hybridized carbons (Fsp3) is 0.538. The monoisotopic (exact) mass is 221 g/mol. The van der Waals surface area contributed by atoms with Crippen LogP contribution in [0.3, 0.4) is 0 Å². The summed E-state index contributed by atoms with van der Waals surface area (Å²) in [7, 11) is 0. The molecule has 0 amide bonds. The largest absolute Gasteiger partial charge is 0.394 e. The van der Waals surface area contributed by atoms with E-state index >= 15 is 0 Å². The quantitative estimate of drug-likeness (QED) is 0.821. The molecule has 3 heteroatoms. The van der Waals surface area contributed by atoms with Crippen molar-refractivity contribution >= 4 is 5.69 Å². The molecule has 1 fully saturated rings. The molecule has 2 rings (SSSR count). The predicted octanol–water partition coefficient (Wildman–Crippen LogP) is 1.50. The van der Waals surface area contributed by atoms with Gasteiger partial charge in [0.05, 0.1) is 25.9 Å². The lowest BCUT2D eigenvalue weighted by Crippen LogP contribution is -2.48. The molecule has 0 radical (unpaired) electrons. The number of aliphatic hydroxyl groups excluding tert-OH is 1. The van der Waals surface area contributed by atoms with Crippen LogP contribution in [0.1, 0.15) is 11.1 Å². The van der Waals surface area contributed by atoms with Crippen LogP contribution in [0.15, 0.2) is 18.2 Å². The minimum Gasteiger partial charge on any atom is -0.394 e. The van der Waals surface area contributed by atoms with E-state index in [-0.39, 0.29) is 12.6 Å². The molecule has 0 spiro atoms. The third-order valence-electron chi connectivity index (χ3n) is 3.32. The van der Waals surface area contributed by atoms with Crippen LogP contribution in [0.4, 0.5) is 5.69 Å². The molecule has 0 bridgehead atoms. The summed E-state index contributed by atoms with van der Waals surface area (Å²) in [5, 5.41) is 9.36. The first kappa shape index (κ1) is 11.4. The van der Waals surface area contributed by atoms with Gasteiger partial charge < -0.3 is 14.7 Å². The first-order valence-electron chi connectivity index (χ1n) is 5.75. The second-order valence-corrected chi connectivity index (χ2v) is 4.32. The Labute approximate surface area is 96.6 Å². The Morgan fingerprint density at radius 1 is 1.44 bits per heavy atom. The van der Waals surface area contributed by atoms with Gasteiger partial charge in [0.15, 0.2) is 0 Å². The van der Waals surface area contributed by atoms with Crippen LogP contribution in [-0.2, 0) is 4.74 Å². The maximum absolute atomic E-state index is 9.36. The highest BCUT2D eigenvalue weighted by Gasteiger charge is 2.23. The molecule has 1 atom stereocenters. The molecule has 1 unspecified atom stereocenters. The zero-order valence-electron chi connectivity index (χ0n) is 9.94. The topological polar surface area (TPSA) is 32.7 Å². The van der Waals surface area contributed by atoms with E-state index in [0.29, 0.717) is 6.61 Å². The normalized spacial score (nSPS) is 21.2. The summed E-state index contributed by atoms with van der Waals surface area (Å²) in [6.45, 7) is 6.61. The Bertz CT molecular complexity index is 365. The smallest absolute Gasteiger partial charge is 0.0755 e. The van der Waals surface area contributed by atoms with Crippen molar-refractivity contribution in [2.45, 2.75) is 19.9 Å². The maximum atomic E-state index is 9.36. The molecule has 1 saturated heterocycles. The number of rotatable bonds is 2. The summed E-state index contributed by atoms with van der Waals surface area (Å²) in [5.74, 6) is 0. The summed E-state index contributed by atoms with van der Waals surface area (Å²) < 4.78 is 5.39. The molecule has 1 N–H and O–H groups in total. The zero-order valence-corrected chi connectivity index (χ0v) is 9.94. The number of nitrogens with zero attached hydrogens (tertiary/aromatic N) is 1. The molecule has 1 aromatic carbocycles. The molecule has 16 heavy (non-hydrogen) atoms. The van der Waals surface area contributed by atoms with E-state index in [1.54, 1.807) is 0 Å². The van der Waals surface area contributed by atoms with Crippen molar-refractivity contribution in [2.24, 2.45) is 0 Å². The van der Waals surface area contributed by atoms with E-state index in [9.17, 15) is 5.11 Å². The van der Waals surface area contributed by atoms with Gasteiger partial charge in [-0.1, -0.05) is 12.1 Å². The van der Waals surface area contributed by atoms with Crippen molar-refractivity contribution in [1.29, 1.82) is 0 Å². The predicted molar refractivity (Wildman–Crippen MR) is 65.0 cm³/mol. The lowest BCUT2D eigenvalue weighted by Gasteiger charge is -2.37. The van der Waals surface area contributed by atoms with E-state index in [0.717, 1.165) is 13.2 Å². The van der Waals surface area contributed by atoms with Crippen molar-refractivity contribution in [3.63, 3.8) is 0 Å². The highest BCUT2D eigenvalue weighted by molar-refractivity contribution is 5.57. The minimum absolute atomic E-state index is 0.0919. The Morgan fingerprint density at radius 2 is 2.25 bits per heavy atom. The number of anilines is 1. The standard InChI is InChI=1S/C13H19NO2/c1-10-4-3-5-13(11(10)2)14-6-7-16-9-12(14)8-15/h3-5,12,15H,6-9H2,1-2H3. The summed E-state index contributed by atoms with van der Waals surface area (Å²) in [5.41, 5.74) is 3.81. The van der Waals surface area contributed by atoms with Gasteiger partial charge in [-0.3, -0.25) is 0 Å². The highest BCUT2D eigenvalue weighted by atomic mass is 16.5. The van der Waals surface area contributed by atoms with Gasteiger partial charge in [-0.25, -0.2) is 0 Å². The van der Waals surface area contributed by atoms with E-state index in [2.05, 4.69) is 36.9 Å². The Morgan fingerprint density at radius 3 is 3.00 bits per heavy atom. The summed E-state index contributed by atoms with van der Waals surface area (Å²) >= 11 is 0. The summed E-state index contributed by atoms with van der Waals surface area (Å²) in [4.78, 5) is 2.26. The van der Waals surface area contributed by atoms with Gasteiger partial charge in [0.2, 0.25) is 0 Å². The molecule has 1 aliphatic heterocycles. The molecule has 88 valence electrons. The third-order valence-corrected chi connectivity index (χ3v) is 3.32. The molecule has 0 aromatic heterocycles. The van der Waals surface area contributed by atoms with E-state index in [1.165, 1.54) is 16.8 Å². The van der Waals surface area contributed by atoms with E-state index in [1.807, 2.05) is 0 Å². The van der Waals surface area contributed by atoms with Crippen LogP contribution in [-0.4, -0.2) is 37.5 Å². The Balaban J connectivity index is 2.30. The lowest BCUT2D eigenvalue weighted by molar-refractivity contribution is 0.0726. The van der Waals surface area contributed by atoms with Gasteiger partial charge in [-0.2, -0.15) is 0 Å². The van der Waals surface area contributed by atoms with Crippen LogP contribution < -0.4 is 4.90 Å². The SMILES string of the molecule is Cc1cccc(N2CCOCC2CO)c1C. The zero-order chi connectivity index (χ0) is 11.5. The molecule has 0 saturated carbocycles. The summed E-state index contributed by atoms with van der Waals surface area (Å²) in [6, 6.07) is 6.40. The van der Waals surface area contributed by atoms with Crippen molar-refractivity contribution in [3.8, 4) is 0 Å². The van der Waals surface area contributed by atoms with Crippen LogP contribution in [0.25, 0.3) is 0 Å². The first-order chi connectivity index (χ1) is 7.74. The van der Waals surface area contributed by atoms with Crippen molar-refractivity contribution < 1.29 is 9.84 Å². The maximum Gasteiger partial charge on any atom is 0.0755 e. The van der Waals surface area contributed by atoms with E-state index < -0.39 is 0 Å². The first-order valence-corrected chi connectivity index (χ1v) is 5.75. The van der Waals surface area contributed by atoms with Crippen LogP contribution >= 0.6 is 0 Å². The van der Waals surface area contributed by atoms with Gasteiger partial charge in [0.1, 0.15) is 0 Å². The number of morpholine rings is 1. The molecule has 1 heterocycles. The molecular formula is C13H19NO2. The average molecular weight is 221 g/mol. The minimum atomic E-state index is 0.0919. The Hall–Kier alpha value is -1.06. The van der Waals surface area contributed by atoms with Gasteiger partial charge in [-0.05, 0) is 31.0 Å². The second kappa shape index (κ2) is 4.85. The van der Waals surface area contributed by atoms with Crippen LogP contribution in [0.5, 0.6) is 0 Å². The van der Waals surface area contributed by atoms with Gasteiger partial charge >= 0.3 is 0 Å². The molecule has 0 aliphatic carbocycles. The Kier molecular flexibility index (Phi) is 3.46. The summed E-state index contributed by atoms with van der Waals surface area (Å²) in [6.07, 6.45) is 0. The average Bonchev–Trinajstić information content (AvgIpc) is 2.33. The number of aryl methyl sites for hydroxylation is 1. The van der Waals surface area contributed by atoms with Crippen LogP contribution in [0.2, 0.25) is 0 Å². The van der Waals surface area contributed by atoms with Gasteiger partial charge in [0.25, 0.3) is 0 Å². The fourth-order valence-corrected chi connectivity index (χ4v) is 2.17. The fourth-order valence-electron chi connectivity index (χ4n) is 2.17. The van der Waals surface area contributed by atoms with Gasteiger partial charge in [-0.15, -0.1) is 0 Å². The highest BCUT2D eigenvalue weighted by Crippen LogP contribution is 2.25. The number of aliphatic hydroxyl groups is 1. The van der Waals surface area contributed by atoms with Crippen molar-refractivity contribution in [1.82, 2.24) is 0 Å². The molecule has 1 aliphatic rings. The number of hydrogen-bond acceptors (Lipinski definition) is 3.